The van der Waals surface area contributed by atoms with E-state index in [1.54, 1.807) is 12.1 Å². The maximum absolute atomic E-state index is 13.9. The second kappa shape index (κ2) is 6.60. The Balaban J connectivity index is 2.30. The number of hydrogen-bond acceptors (Lipinski definition) is 0. The van der Waals surface area contributed by atoms with Crippen LogP contribution in [-0.4, -0.2) is 5.88 Å². The normalized spacial score (nSPS) is 12.4. The fourth-order valence-corrected chi connectivity index (χ4v) is 2.78. The van der Waals surface area contributed by atoms with Crippen molar-refractivity contribution in [2.75, 3.05) is 5.88 Å². The lowest BCUT2D eigenvalue weighted by Gasteiger charge is -2.16. The average molecular weight is 318 g/mol. The largest absolute Gasteiger partial charge is 0.205 e. The molecule has 0 spiro atoms. The second-order valence-corrected chi connectivity index (χ2v) is 5.41. The summed E-state index contributed by atoms with van der Waals surface area (Å²) in [4.78, 5) is 0. The Morgan fingerprint density at radius 1 is 0.947 bits per heavy atom. The van der Waals surface area contributed by atoms with Crippen molar-refractivity contribution >= 4 is 34.8 Å². The van der Waals surface area contributed by atoms with Crippen LogP contribution < -0.4 is 0 Å². The molecule has 0 N–H and O–H groups in total. The van der Waals surface area contributed by atoms with Crippen LogP contribution in [0.1, 0.15) is 17.0 Å². The van der Waals surface area contributed by atoms with Crippen LogP contribution in [0.2, 0.25) is 10.0 Å². The van der Waals surface area contributed by atoms with E-state index >= 15 is 0 Å². The number of halogens is 4. The van der Waals surface area contributed by atoms with Crippen molar-refractivity contribution in [2.45, 2.75) is 12.3 Å². The summed E-state index contributed by atoms with van der Waals surface area (Å²) in [6, 6.07) is 12.5. The van der Waals surface area contributed by atoms with Crippen LogP contribution in [-0.2, 0) is 6.42 Å². The molecule has 0 amide bonds. The predicted molar refractivity (Wildman–Crippen MR) is 80.0 cm³/mol. The topological polar surface area (TPSA) is 0 Å². The fourth-order valence-electron chi connectivity index (χ4n) is 2.03. The highest BCUT2D eigenvalue weighted by molar-refractivity contribution is 6.31. The average Bonchev–Trinajstić information content (AvgIpc) is 2.41. The molecular weight excluding hydrogens is 306 g/mol. The van der Waals surface area contributed by atoms with Crippen molar-refractivity contribution in [1.29, 1.82) is 0 Å². The molecule has 100 valence electrons. The molecule has 0 fully saturated rings. The van der Waals surface area contributed by atoms with E-state index in [-0.39, 0.29) is 16.8 Å². The molecule has 2 aromatic rings. The standard InChI is InChI=1S/C15H12Cl3F/c16-9-11(12-5-1-2-6-13(12)17)8-10-4-3-7-14(18)15(10)19/h1-7,11H,8-9H2. The summed E-state index contributed by atoms with van der Waals surface area (Å²) in [5.41, 5.74) is 1.48. The Bertz CT molecular complexity index is 569. The molecule has 0 saturated carbocycles. The van der Waals surface area contributed by atoms with Gasteiger partial charge in [-0.2, -0.15) is 0 Å². The van der Waals surface area contributed by atoms with Crippen LogP contribution in [0, 0.1) is 5.82 Å². The minimum Gasteiger partial charge on any atom is -0.205 e. The first-order valence-electron chi connectivity index (χ1n) is 5.86. The Morgan fingerprint density at radius 3 is 2.32 bits per heavy atom. The third kappa shape index (κ3) is 3.42. The van der Waals surface area contributed by atoms with Crippen molar-refractivity contribution in [3.05, 3.63) is 69.5 Å². The van der Waals surface area contributed by atoms with Crippen LogP contribution >= 0.6 is 34.8 Å². The first-order chi connectivity index (χ1) is 9.13. The van der Waals surface area contributed by atoms with E-state index in [1.807, 2.05) is 24.3 Å². The summed E-state index contributed by atoms with van der Waals surface area (Å²) in [5, 5.41) is 0.778. The first kappa shape index (κ1) is 14.6. The van der Waals surface area contributed by atoms with Gasteiger partial charge in [-0.3, -0.25) is 0 Å². The summed E-state index contributed by atoms with van der Waals surface area (Å²) in [5.74, 6) is -0.0509. The van der Waals surface area contributed by atoms with E-state index in [0.29, 0.717) is 22.9 Å². The summed E-state index contributed by atoms with van der Waals surface area (Å²) in [7, 11) is 0. The lowest BCUT2D eigenvalue weighted by Crippen LogP contribution is -2.07. The quantitative estimate of drug-likeness (QED) is 0.635. The molecule has 0 bridgehead atoms. The van der Waals surface area contributed by atoms with Crippen LogP contribution in [0.4, 0.5) is 4.39 Å². The van der Waals surface area contributed by atoms with Gasteiger partial charge in [-0.05, 0) is 29.7 Å². The minimum absolute atomic E-state index is 0.0386. The van der Waals surface area contributed by atoms with Gasteiger partial charge in [0.2, 0.25) is 0 Å². The highest BCUT2D eigenvalue weighted by atomic mass is 35.5. The zero-order chi connectivity index (χ0) is 13.8. The third-order valence-electron chi connectivity index (χ3n) is 3.03. The summed E-state index contributed by atoms with van der Waals surface area (Å²) < 4.78 is 13.9. The van der Waals surface area contributed by atoms with Gasteiger partial charge in [0.05, 0.1) is 5.02 Å². The molecule has 4 heteroatoms. The van der Waals surface area contributed by atoms with Crippen LogP contribution in [0.5, 0.6) is 0 Å². The number of rotatable bonds is 4. The van der Waals surface area contributed by atoms with E-state index in [4.69, 9.17) is 34.8 Å². The zero-order valence-electron chi connectivity index (χ0n) is 10.0. The highest BCUT2D eigenvalue weighted by Crippen LogP contribution is 2.30. The molecule has 1 unspecified atom stereocenters. The number of benzene rings is 2. The molecule has 0 aliphatic carbocycles. The van der Waals surface area contributed by atoms with Gasteiger partial charge in [-0.15, -0.1) is 11.6 Å². The Hall–Kier alpha value is -0.760. The summed E-state index contributed by atoms with van der Waals surface area (Å²) in [6.07, 6.45) is 0.472. The number of hydrogen-bond donors (Lipinski definition) is 0. The monoisotopic (exact) mass is 316 g/mol. The molecule has 2 rings (SSSR count). The predicted octanol–water partition coefficient (Wildman–Crippen LogP) is 5.70. The highest BCUT2D eigenvalue weighted by Gasteiger charge is 2.17. The van der Waals surface area contributed by atoms with Gasteiger partial charge in [-0.25, -0.2) is 4.39 Å². The first-order valence-corrected chi connectivity index (χ1v) is 7.15. The van der Waals surface area contributed by atoms with E-state index in [1.165, 1.54) is 6.07 Å². The summed E-state index contributed by atoms with van der Waals surface area (Å²) >= 11 is 17.9. The van der Waals surface area contributed by atoms with E-state index < -0.39 is 0 Å². The maximum atomic E-state index is 13.9. The molecule has 0 aliphatic heterocycles. The van der Waals surface area contributed by atoms with Gasteiger partial charge >= 0.3 is 0 Å². The van der Waals surface area contributed by atoms with Crippen molar-refractivity contribution in [1.82, 2.24) is 0 Å². The Kier molecular flexibility index (Phi) is 5.09. The molecular formula is C15H12Cl3F. The van der Waals surface area contributed by atoms with E-state index in [2.05, 4.69) is 0 Å². The lowest BCUT2D eigenvalue weighted by atomic mass is 9.93. The molecule has 0 nitrogen and oxygen atoms in total. The Morgan fingerprint density at radius 2 is 1.63 bits per heavy atom. The number of alkyl halides is 1. The van der Waals surface area contributed by atoms with Gasteiger partial charge in [0, 0.05) is 16.8 Å². The summed E-state index contributed by atoms with van der Waals surface area (Å²) in [6.45, 7) is 0. The molecule has 0 radical (unpaired) electrons. The lowest BCUT2D eigenvalue weighted by molar-refractivity contribution is 0.599. The second-order valence-electron chi connectivity index (χ2n) is 4.29. The molecule has 0 saturated heterocycles. The van der Waals surface area contributed by atoms with Crippen molar-refractivity contribution < 1.29 is 4.39 Å². The van der Waals surface area contributed by atoms with Gasteiger partial charge in [0.25, 0.3) is 0 Å². The molecule has 0 aromatic heterocycles. The van der Waals surface area contributed by atoms with Crippen molar-refractivity contribution in [3.8, 4) is 0 Å². The zero-order valence-corrected chi connectivity index (χ0v) is 12.3. The van der Waals surface area contributed by atoms with E-state index in [0.717, 1.165) is 5.56 Å². The van der Waals surface area contributed by atoms with Gasteiger partial charge in [0.15, 0.2) is 0 Å². The van der Waals surface area contributed by atoms with Crippen LogP contribution in [0.3, 0.4) is 0 Å². The van der Waals surface area contributed by atoms with Crippen molar-refractivity contribution in [2.24, 2.45) is 0 Å². The minimum atomic E-state index is -0.383. The molecule has 19 heavy (non-hydrogen) atoms. The van der Waals surface area contributed by atoms with Crippen LogP contribution in [0.25, 0.3) is 0 Å². The van der Waals surface area contributed by atoms with Gasteiger partial charge in [-0.1, -0.05) is 53.5 Å². The smallest absolute Gasteiger partial charge is 0.144 e. The van der Waals surface area contributed by atoms with Crippen molar-refractivity contribution in [3.63, 3.8) is 0 Å². The maximum Gasteiger partial charge on any atom is 0.144 e. The Labute approximate surface area is 127 Å². The fraction of sp³-hybridized carbons (Fsp3) is 0.200. The third-order valence-corrected chi connectivity index (χ3v) is 4.04. The molecule has 0 aliphatic rings. The molecule has 0 heterocycles. The molecule has 2 aromatic carbocycles. The van der Waals surface area contributed by atoms with E-state index in [9.17, 15) is 4.39 Å². The van der Waals surface area contributed by atoms with Gasteiger partial charge in [0.1, 0.15) is 5.82 Å². The SMILES string of the molecule is Fc1c(Cl)cccc1CC(CCl)c1ccccc1Cl. The van der Waals surface area contributed by atoms with Crippen LogP contribution in [0.15, 0.2) is 42.5 Å². The van der Waals surface area contributed by atoms with Gasteiger partial charge < -0.3 is 0 Å². The molecule has 1 atom stereocenters.